The van der Waals surface area contributed by atoms with Crippen molar-refractivity contribution >= 4 is 17.4 Å². The zero-order valence-electron chi connectivity index (χ0n) is 10.7. The SMILES string of the molecule is CSc1cccc(NC2(CN)CCCC2)c1C#N. The molecule has 3 nitrogen and oxygen atoms in total. The van der Waals surface area contributed by atoms with E-state index in [1.54, 1.807) is 11.8 Å². The fraction of sp³-hybridized carbons (Fsp3) is 0.500. The average Bonchev–Trinajstić information content (AvgIpc) is 2.87. The van der Waals surface area contributed by atoms with Gasteiger partial charge in [0.1, 0.15) is 6.07 Å². The lowest BCUT2D eigenvalue weighted by Crippen LogP contribution is -2.43. The molecule has 0 amide bonds. The van der Waals surface area contributed by atoms with Crippen LogP contribution in [0.3, 0.4) is 0 Å². The van der Waals surface area contributed by atoms with Crippen molar-refractivity contribution in [3.8, 4) is 6.07 Å². The predicted octanol–water partition coefficient (Wildman–Crippen LogP) is 2.96. The Kier molecular flexibility index (Phi) is 4.15. The summed E-state index contributed by atoms with van der Waals surface area (Å²) in [4.78, 5) is 1.02. The molecular weight excluding hydrogens is 242 g/mol. The molecule has 0 aromatic heterocycles. The summed E-state index contributed by atoms with van der Waals surface area (Å²) >= 11 is 1.60. The maximum absolute atomic E-state index is 9.33. The molecule has 1 aliphatic carbocycles. The predicted molar refractivity (Wildman–Crippen MR) is 76.8 cm³/mol. The lowest BCUT2D eigenvalue weighted by molar-refractivity contribution is 0.493. The van der Waals surface area contributed by atoms with Gasteiger partial charge in [-0.25, -0.2) is 0 Å². The number of nitrogens with one attached hydrogen (secondary N) is 1. The van der Waals surface area contributed by atoms with E-state index in [0.29, 0.717) is 6.54 Å². The highest BCUT2D eigenvalue weighted by molar-refractivity contribution is 7.98. The van der Waals surface area contributed by atoms with Crippen molar-refractivity contribution in [1.82, 2.24) is 0 Å². The molecule has 3 N–H and O–H groups in total. The summed E-state index contributed by atoms with van der Waals surface area (Å²) < 4.78 is 0. The van der Waals surface area contributed by atoms with E-state index >= 15 is 0 Å². The third-order valence-electron chi connectivity index (χ3n) is 3.71. The van der Waals surface area contributed by atoms with Crippen LogP contribution in [0.25, 0.3) is 0 Å². The second-order valence-electron chi connectivity index (χ2n) is 4.81. The van der Waals surface area contributed by atoms with Crippen LogP contribution < -0.4 is 11.1 Å². The van der Waals surface area contributed by atoms with Gasteiger partial charge in [-0.1, -0.05) is 18.9 Å². The van der Waals surface area contributed by atoms with E-state index in [4.69, 9.17) is 5.73 Å². The number of hydrogen-bond acceptors (Lipinski definition) is 4. The van der Waals surface area contributed by atoms with Crippen molar-refractivity contribution in [3.05, 3.63) is 23.8 Å². The van der Waals surface area contributed by atoms with E-state index in [0.717, 1.165) is 29.0 Å². The van der Waals surface area contributed by atoms with Gasteiger partial charge in [-0.05, 0) is 31.2 Å². The quantitative estimate of drug-likeness (QED) is 0.818. The second-order valence-corrected chi connectivity index (χ2v) is 5.66. The lowest BCUT2D eigenvalue weighted by atomic mass is 9.96. The number of hydrogen-bond donors (Lipinski definition) is 2. The average molecular weight is 261 g/mol. The zero-order valence-corrected chi connectivity index (χ0v) is 11.5. The molecule has 4 heteroatoms. The summed E-state index contributed by atoms with van der Waals surface area (Å²) in [6, 6.07) is 8.26. The van der Waals surface area contributed by atoms with Gasteiger partial charge >= 0.3 is 0 Å². The van der Waals surface area contributed by atoms with Gasteiger partial charge in [-0.2, -0.15) is 5.26 Å². The zero-order chi connectivity index (χ0) is 13.0. The van der Waals surface area contributed by atoms with Crippen molar-refractivity contribution in [3.63, 3.8) is 0 Å². The summed E-state index contributed by atoms with van der Waals surface area (Å²) in [6.45, 7) is 0.626. The summed E-state index contributed by atoms with van der Waals surface area (Å²) in [7, 11) is 0. The minimum absolute atomic E-state index is 0.0113. The van der Waals surface area contributed by atoms with Crippen LogP contribution in [0.5, 0.6) is 0 Å². The van der Waals surface area contributed by atoms with Crippen molar-refractivity contribution in [2.45, 2.75) is 36.1 Å². The Bertz CT molecular complexity index is 459. The molecule has 0 aliphatic heterocycles. The van der Waals surface area contributed by atoms with Crippen LogP contribution in [0.4, 0.5) is 5.69 Å². The summed E-state index contributed by atoms with van der Waals surface area (Å²) in [5, 5.41) is 12.9. The Morgan fingerprint density at radius 2 is 2.17 bits per heavy atom. The molecule has 0 atom stereocenters. The van der Waals surface area contributed by atoms with E-state index in [2.05, 4.69) is 11.4 Å². The van der Waals surface area contributed by atoms with Crippen LogP contribution in [-0.2, 0) is 0 Å². The standard InChI is InChI=1S/C14H19N3S/c1-18-13-6-4-5-12(11(13)9-15)17-14(10-16)7-2-3-8-14/h4-6,17H,2-3,7-8,10,16H2,1H3. The molecule has 0 saturated heterocycles. The van der Waals surface area contributed by atoms with E-state index < -0.39 is 0 Å². The lowest BCUT2D eigenvalue weighted by Gasteiger charge is -2.30. The smallest absolute Gasteiger partial charge is 0.102 e. The first-order valence-electron chi connectivity index (χ1n) is 6.30. The van der Waals surface area contributed by atoms with Gasteiger partial charge < -0.3 is 11.1 Å². The topological polar surface area (TPSA) is 61.8 Å². The number of nitrogens with zero attached hydrogens (tertiary/aromatic N) is 1. The normalized spacial score (nSPS) is 17.4. The Labute approximate surface area is 113 Å². The van der Waals surface area contributed by atoms with Crippen molar-refractivity contribution < 1.29 is 0 Å². The number of benzene rings is 1. The van der Waals surface area contributed by atoms with Crippen LogP contribution in [0, 0.1) is 11.3 Å². The van der Waals surface area contributed by atoms with Gasteiger partial charge in [0.2, 0.25) is 0 Å². The van der Waals surface area contributed by atoms with Gasteiger partial charge in [-0.3, -0.25) is 0 Å². The Hall–Kier alpha value is -1.18. The molecule has 0 unspecified atom stereocenters. The van der Waals surface area contributed by atoms with Gasteiger partial charge in [0.05, 0.1) is 11.3 Å². The molecule has 1 aromatic carbocycles. The first-order valence-corrected chi connectivity index (χ1v) is 7.52. The molecule has 96 valence electrons. The van der Waals surface area contributed by atoms with Gasteiger partial charge in [-0.15, -0.1) is 11.8 Å². The molecule has 2 rings (SSSR count). The highest BCUT2D eigenvalue weighted by atomic mass is 32.2. The molecule has 1 saturated carbocycles. The first-order chi connectivity index (χ1) is 8.74. The van der Waals surface area contributed by atoms with E-state index in [-0.39, 0.29) is 5.54 Å². The third kappa shape index (κ3) is 2.47. The number of nitrogens with two attached hydrogens (primary N) is 1. The summed E-state index contributed by atoms with van der Waals surface area (Å²) in [5.74, 6) is 0. The maximum atomic E-state index is 9.33. The van der Waals surface area contributed by atoms with Gasteiger partial charge in [0, 0.05) is 17.0 Å². The van der Waals surface area contributed by atoms with Crippen LogP contribution >= 0.6 is 11.8 Å². The molecule has 0 heterocycles. The molecule has 1 aromatic rings. The monoisotopic (exact) mass is 261 g/mol. The van der Waals surface area contributed by atoms with Crippen LogP contribution in [0.2, 0.25) is 0 Å². The van der Waals surface area contributed by atoms with Gasteiger partial charge in [0.15, 0.2) is 0 Å². The Morgan fingerprint density at radius 3 is 2.72 bits per heavy atom. The summed E-state index contributed by atoms with van der Waals surface area (Å²) in [5.41, 5.74) is 7.58. The van der Waals surface area contributed by atoms with Crippen LogP contribution in [0.1, 0.15) is 31.2 Å². The van der Waals surface area contributed by atoms with E-state index in [9.17, 15) is 5.26 Å². The minimum atomic E-state index is -0.0113. The third-order valence-corrected chi connectivity index (χ3v) is 4.49. The largest absolute Gasteiger partial charge is 0.377 e. The first kappa shape index (κ1) is 13.3. The van der Waals surface area contributed by atoms with Crippen LogP contribution in [-0.4, -0.2) is 18.3 Å². The van der Waals surface area contributed by atoms with Crippen molar-refractivity contribution in [1.29, 1.82) is 5.26 Å². The molecule has 1 fully saturated rings. The van der Waals surface area contributed by atoms with Crippen molar-refractivity contribution in [2.75, 3.05) is 18.1 Å². The molecule has 18 heavy (non-hydrogen) atoms. The minimum Gasteiger partial charge on any atom is -0.377 e. The number of rotatable bonds is 4. The highest BCUT2D eigenvalue weighted by Gasteiger charge is 2.32. The fourth-order valence-electron chi connectivity index (χ4n) is 2.64. The molecule has 1 aliphatic rings. The van der Waals surface area contributed by atoms with Gasteiger partial charge in [0.25, 0.3) is 0 Å². The second kappa shape index (κ2) is 5.64. The molecule has 0 radical (unpaired) electrons. The number of nitriles is 1. The van der Waals surface area contributed by atoms with E-state index in [1.165, 1.54) is 12.8 Å². The molecular formula is C14H19N3S. The van der Waals surface area contributed by atoms with Crippen LogP contribution in [0.15, 0.2) is 23.1 Å². The highest BCUT2D eigenvalue weighted by Crippen LogP contribution is 2.35. The summed E-state index contributed by atoms with van der Waals surface area (Å²) in [6.07, 6.45) is 6.62. The van der Waals surface area contributed by atoms with E-state index in [1.807, 2.05) is 24.5 Å². The Morgan fingerprint density at radius 1 is 1.44 bits per heavy atom. The number of thioether (sulfide) groups is 1. The van der Waals surface area contributed by atoms with Crippen molar-refractivity contribution in [2.24, 2.45) is 5.73 Å². The Balaban J connectivity index is 2.31. The fourth-order valence-corrected chi connectivity index (χ4v) is 3.21. The maximum Gasteiger partial charge on any atom is 0.102 e. The molecule has 0 spiro atoms. The molecule has 0 bridgehead atoms. The number of anilines is 1.